The average molecular weight is 465 g/mol. The third-order valence-corrected chi connectivity index (χ3v) is 6.69. The molecular formula is C26H29BrN2O. The Morgan fingerprint density at radius 3 is 2.40 bits per heavy atom. The largest absolute Gasteiger partial charge is 1.00 e. The van der Waals surface area contributed by atoms with Gasteiger partial charge in [-0.05, 0) is 30.7 Å². The Balaban J connectivity index is 0.00000218. The Labute approximate surface area is 189 Å². The molecule has 2 aliphatic rings. The molecule has 1 aliphatic heterocycles. The monoisotopic (exact) mass is 464 g/mol. The molecule has 0 saturated heterocycles. The van der Waals surface area contributed by atoms with E-state index in [4.69, 9.17) is 0 Å². The number of Topliss-reactive ketones (excluding diaryl/α,β-unsaturated/α-hetero) is 1. The Hall–Kier alpha value is -2.20. The van der Waals surface area contributed by atoms with Gasteiger partial charge < -0.3 is 17.0 Å². The average Bonchev–Trinajstić information content (AvgIpc) is 3.39. The summed E-state index contributed by atoms with van der Waals surface area (Å²) in [6.45, 7) is 1.46. The SMILES string of the molecule is O=C(C[n+]1cc(-c2ccccc2)n2c1CCC2)c1ccc(C2CCCCC2)cc1.[Br-]. The molecule has 0 unspecified atom stereocenters. The number of carbonyl (C=O) groups excluding carboxylic acids is 1. The normalized spacial score (nSPS) is 16.1. The zero-order valence-corrected chi connectivity index (χ0v) is 19.0. The highest BCUT2D eigenvalue weighted by atomic mass is 79.9. The van der Waals surface area contributed by atoms with E-state index in [1.54, 1.807) is 0 Å². The van der Waals surface area contributed by atoms with Crippen LogP contribution in [0.25, 0.3) is 11.3 Å². The van der Waals surface area contributed by atoms with E-state index in [9.17, 15) is 4.79 Å². The van der Waals surface area contributed by atoms with Gasteiger partial charge in [0.15, 0.2) is 12.2 Å². The van der Waals surface area contributed by atoms with E-state index in [0.29, 0.717) is 12.5 Å². The molecule has 0 atom stereocenters. The second-order valence-electron chi connectivity index (χ2n) is 8.56. The van der Waals surface area contributed by atoms with Gasteiger partial charge in [0, 0.05) is 11.1 Å². The highest BCUT2D eigenvalue weighted by Gasteiger charge is 2.29. The second kappa shape index (κ2) is 9.30. The Morgan fingerprint density at radius 1 is 0.933 bits per heavy atom. The summed E-state index contributed by atoms with van der Waals surface area (Å²) in [6.07, 6.45) is 11.0. The molecule has 30 heavy (non-hydrogen) atoms. The zero-order chi connectivity index (χ0) is 19.6. The Kier molecular flexibility index (Phi) is 6.52. The number of ketones is 1. The fraction of sp³-hybridized carbons (Fsp3) is 0.385. The molecule has 0 radical (unpaired) electrons. The fourth-order valence-corrected chi connectivity index (χ4v) is 5.11. The minimum atomic E-state index is 0. The van der Waals surface area contributed by atoms with Crippen molar-refractivity contribution in [2.75, 3.05) is 0 Å². The maximum Gasteiger partial charge on any atom is 0.257 e. The van der Waals surface area contributed by atoms with E-state index >= 15 is 0 Å². The predicted molar refractivity (Wildman–Crippen MR) is 115 cm³/mol. The smallest absolute Gasteiger partial charge is 0.257 e. The highest BCUT2D eigenvalue weighted by Crippen LogP contribution is 2.32. The number of aromatic nitrogens is 2. The Bertz CT molecular complexity index is 1000. The van der Waals surface area contributed by atoms with E-state index in [1.807, 2.05) is 18.2 Å². The van der Waals surface area contributed by atoms with Gasteiger partial charge in [-0.3, -0.25) is 4.79 Å². The van der Waals surface area contributed by atoms with Crippen LogP contribution in [0, 0.1) is 0 Å². The van der Waals surface area contributed by atoms with Crippen LogP contribution in [0.4, 0.5) is 0 Å². The molecule has 1 aliphatic carbocycles. The molecule has 5 rings (SSSR count). The van der Waals surface area contributed by atoms with E-state index in [0.717, 1.165) is 24.9 Å². The summed E-state index contributed by atoms with van der Waals surface area (Å²) in [5, 5.41) is 0. The first-order valence-electron chi connectivity index (χ1n) is 11.1. The molecule has 1 saturated carbocycles. The number of halogens is 1. The Morgan fingerprint density at radius 2 is 1.67 bits per heavy atom. The lowest BCUT2D eigenvalue weighted by atomic mass is 9.84. The van der Waals surface area contributed by atoms with Gasteiger partial charge in [-0.2, -0.15) is 0 Å². The lowest BCUT2D eigenvalue weighted by Crippen LogP contribution is -3.00. The van der Waals surface area contributed by atoms with Crippen molar-refractivity contribution in [1.29, 1.82) is 0 Å². The van der Waals surface area contributed by atoms with Gasteiger partial charge in [0.2, 0.25) is 5.78 Å². The molecule has 0 N–H and O–H groups in total. The molecular weight excluding hydrogens is 436 g/mol. The van der Waals surface area contributed by atoms with Crippen molar-refractivity contribution in [3.63, 3.8) is 0 Å². The topological polar surface area (TPSA) is 25.9 Å². The van der Waals surface area contributed by atoms with E-state index < -0.39 is 0 Å². The van der Waals surface area contributed by atoms with Crippen LogP contribution in [0.5, 0.6) is 0 Å². The van der Waals surface area contributed by atoms with E-state index in [1.165, 1.54) is 54.7 Å². The number of hydrogen-bond donors (Lipinski definition) is 0. The summed E-state index contributed by atoms with van der Waals surface area (Å²) < 4.78 is 4.56. The summed E-state index contributed by atoms with van der Waals surface area (Å²) in [6, 6.07) is 19.0. The van der Waals surface area contributed by atoms with Crippen LogP contribution in [-0.4, -0.2) is 10.4 Å². The lowest BCUT2D eigenvalue weighted by Gasteiger charge is -2.21. The van der Waals surface area contributed by atoms with Crippen LogP contribution in [0.1, 0.15) is 66.2 Å². The van der Waals surface area contributed by atoms with Gasteiger partial charge >= 0.3 is 0 Å². The van der Waals surface area contributed by atoms with Gasteiger partial charge in [0.1, 0.15) is 6.20 Å². The minimum Gasteiger partial charge on any atom is -1.00 e. The molecule has 2 heterocycles. The van der Waals surface area contributed by atoms with Crippen LogP contribution in [0.2, 0.25) is 0 Å². The first-order chi connectivity index (χ1) is 14.3. The number of rotatable bonds is 5. The zero-order valence-electron chi connectivity index (χ0n) is 17.4. The van der Waals surface area contributed by atoms with E-state index in [-0.39, 0.29) is 22.8 Å². The second-order valence-corrected chi connectivity index (χ2v) is 8.56. The number of nitrogens with zero attached hydrogens (tertiary/aromatic N) is 2. The number of carbonyl (C=O) groups is 1. The summed E-state index contributed by atoms with van der Waals surface area (Å²) in [4.78, 5) is 13.0. The van der Waals surface area contributed by atoms with Crippen molar-refractivity contribution in [2.45, 2.75) is 64.0 Å². The fourth-order valence-electron chi connectivity index (χ4n) is 5.11. The summed E-state index contributed by atoms with van der Waals surface area (Å²) >= 11 is 0. The van der Waals surface area contributed by atoms with Crippen molar-refractivity contribution in [3.8, 4) is 11.3 Å². The van der Waals surface area contributed by atoms with Gasteiger partial charge in [-0.25, -0.2) is 9.13 Å². The predicted octanol–water partition coefficient (Wildman–Crippen LogP) is 2.32. The first kappa shape index (κ1) is 21.0. The number of hydrogen-bond acceptors (Lipinski definition) is 1. The van der Waals surface area contributed by atoms with Crippen molar-refractivity contribution in [2.24, 2.45) is 0 Å². The van der Waals surface area contributed by atoms with Crippen molar-refractivity contribution in [3.05, 3.63) is 77.7 Å². The molecule has 1 fully saturated rings. The number of benzene rings is 2. The third kappa shape index (κ3) is 4.15. The van der Waals surface area contributed by atoms with Crippen molar-refractivity contribution in [1.82, 2.24) is 4.57 Å². The molecule has 1 aromatic heterocycles. The molecule has 2 aromatic carbocycles. The standard InChI is InChI=1S/C26H29N2O.BrH/c29-25(23-15-13-21(14-16-23)20-8-3-1-4-9-20)19-27-18-24(22-10-5-2-6-11-22)28-17-7-12-26(27)28;/h2,5-6,10-11,13-16,18,20H,1,3-4,7-9,12,17,19H2;1H/q+1;/p-1. The van der Waals surface area contributed by atoms with Crippen LogP contribution in [-0.2, 0) is 19.5 Å². The van der Waals surface area contributed by atoms with Crippen LogP contribution in [0.3, 0.4) is 0 Å². The molecule has 0 spiro atoms. The van der Waals surface area contributed by atoms with Gasteiger partial charge in [-0.15, -0.1) is 0 Å². The number of fused-ring (bicyclic) bond motifs is 1. The minimum absolute atomic E-state index is 0. The molecule has 3 aromatic rings. The van der Waals surface area contributed by atoms with Crippen molar-refractivity contribution < 1.29 is 26.3 Å². The van der Waals surface area contributed by atoms with Crippen LogP contribution in [0.15, 0.2) is 60.8 Å². The maximum absolute atomic E-state index is 13.0. The lowest BCUT2D eigenvalue weighted by molar-refractivity contribution is -0.689. The van der Waals surface area contributed by atoms with E-state index in [2.05, 4.69) is 51.7 Å². The summed E-state index contributed by atoms with van der Waals surface area (Å²) in [7, 11) is 0. The quantitative estimate of drug-likeness (QED) is 0.420. The van der Waals surface area contributed by atoms with Gasteiger partial charge in [0.25, 0.3) is 5.82 Å². The summed E-state index contributed by atoms with van der Waals surface area (Å²) in [5.41, 5.74) is 4.68. The molecule has 4 heteroatoms. The molecule has 3 nitrogen and oxygen atoms in total. The van der Waals surface area contributed by atoms with Gasteiger partial charge in [0.05, 0.1) is 13.0 Å². The highest BCUT2D eigenvalue weighted by molar-refractivity contribution is 5.95. The molecule has 0 amide bonds. The number of imidazole rings is 1. The van der Waals surface area contributed by atoms with Crippen LogP contribution >= 0.6 is 0 Å². The maximum atomic E-state index is 13.0. The molecule has 156 valence electrons. The van der Waals surface area contributed by atoms with Crippen molar-refractivity contribution >= 4 is 5.78 Å². The molecule has 0 bridgehead atoms. The summed E-state index contributed by atoms with van der Waals surface area (Å²) in [5.74, 6) is 2.16. The first-order valence-corrected chi connectivity index (χ1v) is 11.1. The van der Waals surface area contributed by atoms with Gasteiger partial charge in [-0.1, -0.05) is 73.9 Å². The van der Waals surface area contributed by atoms with Crippen LogP contribution < -0.4 is 21.5 Å². The third-order valence-electron chi connectivity index (χ3n) is 6.69.